The molecular formula is C14H19N3O3. The summed E-state index contributed by atoms with van der Waals surface area (Å²) < 4.78 is 0. The monoisotopic (exact) mass is 277 g/mol. The first-order valence-electron chi connectivity index (χ1n) is 6.61. The van der Waals surface area contributed by atoms with Crippen LogP contribution < -0.4 is 11.5 Å². The Labute approximate surface area is 117 Å². The van der Waals surface area contributed by atoms with E-state index in [1.54, 1.807) is 18.2 Å². The minimum atomic E-state index is -1.01. The standard InChI is InChI=1S/C14H19N3O3/c15-11-3-1-2-10(12(11)14(19)20)8-17-6-4-9(5-7-17)13(16)18/h1-3,9H,4-8,15H2,(H2,16,18)(H,19,20). The Hall–Kier alpha value is -2.08. The molecule has 0 unspecified atom stereocenters. The summed E-state index contributed by atoms with van der Waals surface area (Å²) in [6, 6.07) is 5.12. The SMILES string of the molecule is NC(=O)C1CCN(Cc2cccc(N)c2C(=O)O)CC1. The number of piperidine rings is 1. The molecule has 1 aromatic rings. The van der Waals surface area contributed by atoms with Crippen LogP contribution >= 0.6 is 0 Å². The first-order valence-corrected chi connectivity index (χ1v) is 6.61. The topological polar surface area (TPSA) is 110 Å². The molecule has 5 N–H and O–H groups in total. The summed E-state index contributed by atoms with van der Waals surface area (Å²) in [6.07, 6.45) is 1.44. The number of hydrogen-bond acceptors (Lipinski definition) is 4. The predicted molar refractivity (Wildman–Crippen MR) is 75.0 cm³/mol. The van der Waals surface area contributed by atoms with E-state index in [0.717, 1.165) is 25.9 Å². The van der Waals surface area contributed by atoms with E-state index < -0.39 is 5.97 Å². The second-order valence-corrected chi connectivity index (χ2v) is 5.14. The minimum absolute atomic E-state index is 0.0639. The Morgan fingerprint density at radius 2 is 1.95 bits per heavy atom. The summed E-state index contributed by atoms with van der Waals surface area (Å²) in [4.78, 5) is 24.5. The van der Waals surface area contributed by atoms with E-state index in [1.807, 2.05) is 0 Å². The van der Waals surface area contributed by atoms with E-state index in [4.69, 9.17) is 11.5 Å². The number of aromatic carboxylic acids is 1. The molecule has 0 aliphatic carbocycles. The van der Waals surface area contributed by atoms with Crippen molar-refractivity contribution in [3.8, 4) is 0 Å². The summed E-state index contributed by atoms with van der Waals surface area (Å²) in [5.41, 5.74) is 12.2. The summed E-state index contributed by atoms with van der Waals surface area (Å²) in [5.74, 6) is -1.32. The number of hydrogen-bond donors (Lipinski definition) is 3. The van der Waals surface area contributed by atoms with Crippen LogP contribution in [0.2, 0.25) is 0 Å². The van der Waals surface area contributed by atoms with Crippen molar-refractivity contribution < 1.29 is 14.7 Å². The van der Waals surface area contributed by atoms with Gasteiger partial charge in [-0.1, -0.05) is 12.1 Å². The second kappa shape index (κ2) is 5.92. The quantitative estimate of drug-likeness (QED) is 0.700. The van der Waals surface area contributed by atoms with Crippen molar-refractivity contribution in [1.29, 1.82) is 0 Å². The third-order valence-electron chi connectivity index (χ3n) is 3.78. The summed E-state index contributed by atoms with van der Waals surface area (Å²) in [6.45, 7) is 2.00. The number of carbonyl (C=O) groups is 2. The molecule has 0 radical (unpaired) electrons. The molecule has 0 saturated carbocycles. The van der Waals surface area contributed by atoms with Crippen LogP contribution in [0.5, 0.6) is 0 Å². The zero-order valence-electron chi connectivity index (χ0n) is 11.2. The van der Waals surface area contributed by atoms with Crippen LogP contribution in [0.1, 0.15) is 28.8 Å². The number of benzene rings is 1. The summed E-state index contributed by atoms with van der Waals surface area (Å²) in [7, 11) is 0. The Morgan fingerprint density at radius 3 is 2.50 bits per heavy atom. The third-order valence-corrected chi connectivity index (χ3v) is 3.78. The van der Waals surface area contributed by atoms with Gasteiger partial charge in [-0.25, -0.2) is 4.79 Å². The molecule has 0 spiro atoms. The number of primary amides is 1. The molecule has 0 atom stereocenters. The maximum Gasteiger partial charge on any atom is 0.338 e. The van der Waals surface area contributed by atoms with Crippen LogP contribution in [0, 0.1) is 5.92 Å². The lowest BCUT2D eigenvalue weighted by atomic mass is 9.95. The fourth-order valence-corrected chi connectivity index (χ4v) is 2.63. The maximum atomic E-state index is 11.3. The lowest BCUT2D eigenvalue weighted by molar-refractivity contribution is -0.123. The van der Waals surface area contributed by atoms with E-state index in [-0.39, 0.29) is 23.1 Å². The molecule has 20 heavy (non-hydrogen) atoms. The van der Waals surface area contributed by atoms with Gasteiger partial charge in [0, 0.05) is 18.2 Å². The Balaban J connectivity index is 2.07. The molecule has 1 aromatic carbocycles. The molecule has 1 aliphatic rings. The average molecular weight is 277 g/mol. The molecule has 1 amide bonds. The molecule has 6 heteroatoms. The van der Waals surface area contributed by atoms with Crippen molar-refractivity contribution in [2.45, 2.75) is 19.4 Å². The van der Waals surface area contributed by atoms with Gasteiger partial charge < -0.3 is 16.6 Å². The first-order chi connectivity index (χ1) is 9.49. The fourth-order valence-electron chi connectivity index (χ4n) is 2.63. The smallest absolute Gasteiger partial charge is 0.338 e. The molecule has 1 fully saturated rings. The number of nitrogens with two attached hydrogens (primary N) is 2. The molecule has 2 rings (SSSR count). The van der Waals surface area contributed by atoms with Gasteiger partial charge in [0.1, 0.15) is 0 Å². The van der Waals surface area contributed by atoms with Gasteiger partial charge in [-0.05, 0) is 37.6 Å². The summed E-state index contributed by atoms with van der Waals surface area (Å²) >= 11 is 0. The van der Waals surface area contributed by atoms with Gasteiger partial charge in [0.2, 0.25) is 5.91 Å². The van der Waals surface area contributed by atoms with Crippen LogP contribution in [0.4, 0.5) is 5.69 Å². The zero-order chi connectivity index (χ0) is 14.7. The van der Waals surface area contributed by atoms with Crippen LogP contribution in [-0.2, 0) is 11.3 Å². The predicted octanol–water partition coefficient (Wildman–Crippen LogP) is 0.664. The Morgan fingerprint density at radius 1 is 1.30 bits per heavy atom. The zero-order valence-corrected chi connectivity index (χ0v) is 11.2. The van der Waals surface area contributed by atoms with Gasteiger partial charge in [-0.2, -0.15) is 0 Å². The number of anilines is 1. The second-order valence-electron chi connectivity index (χ2n) is 5.14. The van der Waals surface area contributed by atoms with Crippen molar-refractivity contribution in [3.05, 3.63) is 29.3 Å². The Kier molecular flexibility index (Phi) is 4.24. The first kappa shape index (κ1) is 14.3. The van der Waals surface area contributed by atoms with Crippen LogP contribution in [0.3, 0.4) is 0 Å². The summed E-state index contributed by atoms with van der Waals surface area (Å²) in [5, 5.41) is 9.23. The van der Waals surface area contributed by atoms with E-state index >= 15 is 0 Å². The number of likely N-dealkylation sites (tertiary alicyclic amines) is 1. The number of amides is 1. The number of carboxylic acid groups (broad SMARTS) is 1. The number of carbonyl (C=O) groups excluding carboxylic acids is 1. The molecular weight excluding hydrogens is 258 g/mol. The highest BCUT2D eigenvalue weighted by Gasteiger charge is 2.24. The highest BCUT2D eigenvalue weighted by atomic mass is 16.4. The Bertz CT molecular complexity index is 522. The van der Waals surface area contributed by atoms with Crippen LogP contribution in [-0.4, -0.2) is 35.0 Å². The number of rotatable bonds is 4. The van der Waals surface area contributed by atoms with Gasteiger partial charge >= 0.3 is 5.97 Å². The van der Waals surface area contributed by atoms with Crippen LogP contribution in [0.15, 0.2) is 18.2 Å². The normalized spacial score (nSPS) is 17.0. The molecule has 1 aliphatic heterocycles. The van der Waals surface area contributed by atoms with Gasteiger partial charge in [0.05, 0.1) is 5.56 Å². The van der Waals surface area contributed by atoms with Gasteiger partial charge in [0.25, 0.3) is 0 Å². The third kappa shape index (κ3) is 3.08. The van der Waals surface area contributed by atoms with Crippen molar-refractivity contribution in [1.82, 2.24) is 4.90 Å². The van der Waals surface area contributed by atoms with E-state index in [0.29, 0.717) is 12.1 Å². The molecule has 0 aromatic heterocycles. The highest BCUT2D eigenvalue weighted by Crippen LogP contribution is 2.22. The minimum Gasteiger partial charge on any atom is -0.478 e. The van der Waals surface area contributed by atoms with Crippen LogP contribution in [0.25, 0.3) is 0 Å². The van der Waals surface area contributed by atoms with Crippen molar-refractivity contribution in [2.24, 2.45) is 11.7 Å². The maximum absolute atomic E-state index is 11.3. The largest absolute Gasteiger partial charge is 0.478 e. The van der Waals surface area contributed by atoms with Gasteiger partial charge in [-0.15, -0.1) is 0 Å². The van der Waals surface area contributed by atoms with Crippen molar-refractivity contribution in [3.63, 3.8) is 0 Å². The van der Waals surface area contributed by atoms with Crippen molar-refractivity contribution in [2.75, 3.05) is 18.8 Å². The molecule has 1 heterocycles. The lowest BCUT2D eigenvalue weighted by Crippen LogP contribution is -2.38. The number of nitrogen functional groups attached to an aromatic ring is 1. The van der Waals surface area contributed by atoms with E-state index in [9.17, 15) is 14.7 Å². The van der Waals surface area contributed by atoms with Gasteiger partial charge in [0.15, 0.2) is 0 Å². The molecule has 6 nitrogen and oxygen atoms in total. The lowest BCUT2D eigenvalue weighted by Gasteiger charge is -2.30. The fraction of sp³-hybridized carbons (Fsp3) is 0.429. The average Bonchev–Trinajstić information content (AvgIpc) is 2.39. The molecule has 108 valence electrons. The highest BCUT2D eigenvalue weighted by molar-refractivity contribution is 5.95. The van der Waals surface area contributed by atoms with E-state index in [2.05, 4.69) is 4.90 Å². The molecule has 1 saturated heterocycles. The van der Waals surface area contributed by atoms with Gasteiger partial charge in [-0.3, -0.25) is 9.69 Å². The number of carboxylic acids is 1. The van der Waals surface area contributed by atoms with E-state index in [1.165, 1.54) is 0 Å². The van der Waals surface area contributed by atoms with Crippen molar-refractivity contribution >= 4 is 17.6 Å². The number of nitrogens with zero attached hydrogens (tertiary/aromatic N) is 1. The molecule has 0 bridgehead atoms.